The van der Waals surface area contributed by atoms with E-state index >= 15 is 0 Å². The van der Waals surface area contributed by atoms with Gasteiger partial charge in [0.05, 0.1) is 13.5 Å². The van der Waals surface area contributed by atoms with Crippen molar-refractivity contribution in [3.05, 3.63) is 42.0 Å². The zero-order valence-corrected chi connectivity index (χ0v) is 13.7. The van der Waals surface area contributed by atoms with Crippen LogP contribution in [0, 0.1) is 5.92 Å². The number of benzene rings is 1. The first kappa shape index (κ1) is 17.7. The molecule has 1 aliphatic carbocycles. The van der Waals surface area contributed by atoms with E-state index in [-0.39, 0.29) is 24.8 Å². The molecule has 0 heterocycles. The Kier molecular flexibility index (Phi) is 6.54. The molecule has 0 saturated heterocycles. The average molecular weight is 330 g/mol. The zero-order valence-electron chi connectivity index (χ0n) is 13.7. The van der Waals surface area contributed by atoms with E-state index in [1.807, 2.05) is 0 Å². The van der Waals surface area contributed by atoms with Gasteiger partial charge in [-0.1, -0.05) is 24.3 Å². The molecule has 1 atom stereocenters. The summed E-state index contributed by atoms with van der Waals surface area (Å²) in [6.07, 6.45) is 6.94. The van der Waals surface area contributed by atoms with Crippen LogP contribution < -0.4 is 10.6 Å². The van der Waals surface area contributed by atoms with Crippen molar-refractivity contribution in [3.8, 4) is 0 Å². The maximum Gasteiger partial charge on any atom is 0.325 e. The van der Waals surface area contributed by atoms with Crippen molar-refractivity contribution < 1.29 is 19.1 Å². The van der Waals surface area contributed by atoms with Crippen molar-refractivity contribution >= 4 is 23.5 Å². The number of esters is 1. The second kappa shape index (κ2) is 8.86. The summed E-state index contributed by atoms with van der Waals surface area (Å²) in [5, 5.41) is 5.34. The van der Waals surface area contributed by atoms with E-state index in [4.69, 9.17) is 0 Å². The van der Waals surface area contributed by atoms with Crippen LogP contribution in [0.1, 0.15) is 24.8 Å². The summed E-state index contributed by atoms with van der Waals surface area (Å²) in [6.45, 7) is -0.140. The lowest BCUT2D eigenvalue weighted by atomic mass is 10.0. The monoisotopic (exact) mass is 330 g/mol. The molecule has 6 heteroatoms. The van der Waals surface area contributed by atoms with Gasteiger partial charge in [0.2, 0.25) is 11.8 Å². The Morgan fingerprint density at radius 2 is 1.92 bits per heavy atom. The molecule has 1 aromatic carbocycles. The molecule has 2 amide bonds. The van der Waals surface area contributed by atoms with Crippen LogP contribution in [0.15, 0.2) is 36.4 Å². The van der Waals surface area contributed by atoms with Crippen LogP contribution in [0.25, 0.3) is 0 Å². The lowest BCUT2D eigenvalue weighted by Crippen LogP contribution is -2.31. The lowest BCUT2D eigenvalue weighted by molar-refractivity contribution is -0.141. The summed E-state index contributed by atoms with van der Waals surface area (Å²) in [7, 11) is 1.27. The number of nitrogens with one attached hydrogen (secondary N) is 2. The second-order valence-corrected chi connectivity index (χ2v) is 5.74. The molecule has 0 bridgehead atoms. The van der Waals surface area contributed by atoms with Gasteiger partial charge < -0.3 is 15.4 Å². The van der Waals surface area contributed by atoms with Gasteiger partial charge in [0, 0.05) is 12.1 Å². The van der Waals surface area contributed by atoms with Crippen LogP contribution in [0.5, 0.6) is 0 Å². The predicted molar refractivity (Wildman–Crippen MR) is 90.3 cm³/mol. The van der Waals surface area contributed by atoms with Gasteiger partial charge in [-0.05, 0) is 36.5 Å². The Bertz CT molecular complexity index is 622. The molecule has 0 saturated carbocycles. The fourth-order valence-electron chi connectivity index (χ4n) is 2.51. The molecule has 0 unspecified atom stereocenters. The average Bonchev–Trinajstić information content (AvgIpc) is 3.07. The molecule has 0 radical (unpaired) electrons. The van der Waals surface area contributed by atoms with E-state index in [0.29, 0.717) is 18.0 Å². The van der Waals surface area contributed by atoms with Gasteiger partial charge in [-0.3, -0.25) is 14.4 Å². The number of anilines is 1. The van der Waals surface area contributed by atoms with E-state index in [9.17, 15) is 14.4 Å². The molecule has 1 aliphatic rings. The van der Waals surface area contributed by atoms with Crippen LogP contribution >= 0.6 is 0 Å². The van der Waals surface area contributed by atoms with Gasteiger partial charge in [0.15, 0.2) is 0 Å². The van der Waals surface area contributed by atoms with Gasteiger partial charge in [0.1, 0.15) is 6.54 Å². The van der Waals surface area contributed by atoms with E-state index in [0.717, 1.165) is 18.4 Å². The number of allylic oxidation sites excluding steroid dienone is 2. The molecular weight excluding hydrogens is 308 g/mol. The van der Waals surface area contributed by atoms with Crippen molar-refractivity contribution in [3.63, 3.8) is 0 Å². The summed E-state index contributed by atoms with van der Waals surface area (Å²) >= 11 is 0. The highest BCUT2D eigenvalue weighted by Gasteiger charge is 2.14. The fourth-order valence-corrected chi connectivity index (χ4v) is 2.51. The third kappa shape index (κ3) is 5.87. The minimum Gasteiger partial charge on any atom is -0.468 e. The molecule has 0 aromatic heterocycles. The Balaban J connectivity index is 1.77. The van der Waals surface area contributed by atoms with Crippen LogP contribution in [0.2, 0.25) is 0 Å². The number of ether oxygens (including phenoxy) is 1. The van der Waals surface area contributed by atoms with Crippen molar-refractivity contribution in [2.45, 2.75) is 25.7 Å². The van der Waals surface area contributed by atoms with Crippen LogP contribution in [0.4, 0.5) is 5.69 Å². The predicted octanol–water partition coefficient (Wildman–Crippen LogP) is 1.81. The van der Waals surface area contributed by atoms with Crippen molar-refractivity contribution in [2.75, 3.05) is 19.0 Å². The maximum absolute atomic E-state index is 12.0. The molecule has 0 aliphatic heterocycles. The highest BCUT2D eigenvalue weighted by molar-refractivity contribution is 5.91. The van der Waals surface area contributed by atoms with Gasteiger partial charge in [-0.25, -0.2) is 0 Å². The van der Waals surface area contributed by atoms with Crippen LogP contribution in [0.3, 0.4) is 0 Å². The van der Waals surface area contributed by atoms with Crippen molar-refractivity contribution in [1.82, 2.24) is 5.32 Å². The van der Waals surface area contributed by atoms with Crippen molar-refractivity contribution in [1.29, 1.82) is 0 Å². The van der Waals surface area contributed by atoms with Gasteiger partial charge >= 0.3 is 5.97 Å². The number of hydrogen-bond donors (Lipinski definition) is 2. The minimum atomic E-state index is -0.487. The van der Waals surface area contributed by atoms with Crippen LogP contribution in [-0.2, 0) is 25.5 Å². The van der Waals surface area contributed by atoms with Crippen LogP contribution in [-0.4, -0.2) is 31.4 Å². The van der Waals surface area contributed by atoms with Gasteiger partial charge in [-0.15, -0.1) is 0 Å². The molecule has 0 fully saturated rings. The SMILES string of the molecule is COC(=O)CNC(=O)Cc1ccc(NC(=O)C[C@@H]2C=CCC2)cc1. The number of carbonyl (C=O) groups excluding carboxylic acids is 3. The summed E-state index contributed by atoms with van der Waals surface area (Å²) in [4.78, 5) is 34.6. The zero-order chi connectivity index (χ0) is 17.4. The number of methoxy groups -OCH3 is 1. The lowest BCUT2D eigenvalue weighted by Gasteiger charge is -2.09. The number of rotatable bonds is 7. The highest BCUT2D eigenvalue weighted by Crippen LogP contribution is 2.21. The first-order valence-corrected chi connectivity index (χ1v) is 7.96. The Morgan fingerprint density at radius 3 is 2.54 bits per heavy atom. The molecular formula is C18H22N2O4. The van der Waals surface area contributed by atoms with Crippen molar-refractivity contribution in [2.24, 2.45) is 5.92 Å². The Hall–Kier alpha value is -2.63. The number of carbonyl (C=O) groups is 3. The Morgan fingerprint density at radius 1 is 1.17 bits per heavy atom. The normalized spacial score (nSPS) is 15.8. The molecule has 128 valence electrons. The van der Waals surface area contributed by atoms with Gasteiger partial charge in [-0.2, -0.15) is 0 Å². The molecule has 2 N–H and O–H groups in total. The quantitative estimate of drug-likeness (QED) is 0.590. The third-order valence-electron chi connectivity index (χ3n) is 3.82. The summed E-state index contributed by atoms with van der Waals surface area (Å²) in [6, 6.07) is 7.10. The van der Waals surface area contributed by atoms with E-state index in [1.165, 1.54) is 7.11 Å². The largest absolute Gasteiger partial charge is 0.468 e. The second-order valence-electron chi connectivity index (χ2n) is 5.74. The van der Waals surface area contributed by atoms with E-state index < -0.39 is 5.97 Å². The summed E-state index contributed by atoms with van der Waals surface area (Å²) < 4.78 is 4.45. The molecule has 2 rings (SSSR count). The number of amides is 2. The third-order valence-corrected chi connectivity index (χ3v) is 3.82. The smallest absolute Gasteiger partial charge is 0.325 e. The highest BCUT2D eigenvalue weighted by atomic mass is 16.5. The topological polar surface area (TPSA) is 84.5 Å². The minimum absolute atomic E-state index is 0.00452. The summed E-state index contributed by atoms with van der Waals surface area (Å²) in [5.41, 5.74) is 1.51. The van der Waals surface area contributed by atoms with E-state index in [1.54, 1.807) is 24.3 Å². The van der Waals surface area contributed by atoms with E-state index in [2.05, 4.69) is 27.5 Å². The molecule has 6 nitrogen and oxygen atoms in total. The first-order chi connectivity index (χ1) is 11.6. The molecule has 0 spiro atoms. The standard InChI is InChI=1S/C18H22N2O4/c1-24-18(23)12-19-16(21)10-14-6-8-15(9-7-14)20-17(22)11-13-4-2-3-5-13/h2,4,6-9,13H,3,5,10-12H2,1H3,(H,19,21)(H,20,22)/t13-/m1/s1. The Labute approximate surface area is 141 Å². The number of hydrogen-bond acceptors (Lipinski definition) is 4. The van der Waals surface area contributed by atoms with Gasteiger partial charge in [0.25, 0.3) is 0 Å². The molecule has 1 aromatic rings. The fraction of sp³-hybridized carbons (Fsp3) is 0.389. The first-order valence-electron chi connectivity index (χ1n) is 7.96. The summed E-state index contributed by atoms with van der Waals surface area (Å²) in [5.74, 6) is -0.415. The molecule has 24 heavy (non-hydrogen) atoms. The maximum atomic E-state index is 12.0.